The number of nitrogens with zero attached hydrogens (tertiary/aromatic N) is 1. The van der Waals surface area contributed by atoms with Crippen LogP contribution in [0.3, 0.4) is 0 Å². The van der Waals surface area contributed by atoms with Crippen molar-refractivity contribution in [3.05, 3.63) is 71.3 Å². The van der Waals surface area contributed by atoms with Gasteiger partial charge in [0, 0.05) is 12.6 Å². The average Bonchev–Trinajstić information content (AvgIpc) is 2.47. The third kappa shape index (κ3) is 4.08. The Morgan fingerprint density at radius 2 is 1.67 bits per heavy atom. The second kappa shape index (κ2) is 6.31. The molecule has 4 heteroatoms. The molecule has 2 rings (SSSR count). The van der Waals surface area contributed by atoms with E-state index in [0.29, 0.717) is 12.1 Å². The summed E-state index contributed by atoms with van der Waals surface area (Å²) in [6.45, 7) is 2.52. The van der Waals surface area contributed by atoms with Gasteiger partial charge in [0.1, 0.15) is 0 Å². The van der Waals surface area contributed by atoms with Gasteiger partial charge in [-0.1, -0.05) is 48.5 Å². The lowest BCUT2D eigenvalue weighted by Crippen LogP contribution is -2.22. The van der Waals surface area contributed by atoms with E-state index in [1.165, 1.54) is 12.1 Å². The first kappa shape index (κ1) is 15.6. The molecule has 0 aliphatic rings. The molecule has 0 amide bonds. The highest BCUT2D eigenvalue weighted by Crippen LogP contribution is 2.30. The maximum absolute atomic E-state index is 12.7. The second-order valence-corrected chi connectivity index (χ2v) is 5.20. The van der Waals surface area contributed by atoms with E-state index >= 15 is 0 Å². The number of halogens is 3. The predicted octanol–water partition coefficient (Wildman–Crippen LogP) is 4.90. The molecule has 1 nitrogen and oxygen atoms in total. The molecule has 0 aliphatic heterocycles. The molecule has 0 aromatic heterocycles. The Balaban J connectivity index is 2.11. The summed E-state index contributed by atoms with van der Waals surface area (Å²) in [5.41, 5.74) is 1.21. The number of alkyl halides is 3. The van der Waals surface area contributed by atoms with Gasteiger partial charge in [0.25, 0.3) is 0 Å². The molecule has 0 fully saturated rings. The lowest BCUT2D eigenvalue weighted by Gasteiger charge is -2.25. The zero-order chi connectivity index (χ0) is 15.5. The molecule has 0 radical (unpaired) electrons. The van der Waals surface area contributed by atoms with Gasteiger partial charge in [-0.2, -0.15) is 13.2 Å². The molecular formula is C17H18F3N. The summed E-state index contributed by atoms with van der Waals surface area (Å²) in [6, 6.07) is 15.6. The SMILES string of the molecule is CC(c1ccccc1)N(C)Cc1cccc(C(F)(F)F)c1. The number of hydrogen-bond donors (Lipinski definition) is 0. The van der Waals surface area contributed by atoms with Crippen LogP contribution in [0, 0.1) is 0 Å². The molecule has 112 valence electrons. The minimum Gasteiger partial charge on any atom is -0.295 e. The van der Waals surface area contributed by atoms with Gasteiger partial charge >= 0.3 is 6.18 Å². The summed E-state index contributed by atoms with van der Waals surface area (Å²) in [7, 11) is 1.91. The summed E-state index contributed by atoms with van der Waals surface area (Å²) >= 11 is 0. The van der Waals surface area contributed by atoms with Crippen LogP contribution in [0.1, 0.15) is 29.7 Å². The molecule has 0 heterocycles. The van der Waals surface area contributed by atoms with E-state index < -0.39 is 11.7 Å². The zero-order valence-electron chi connectivity index (χ0n) is 12.1. The first-order chi connectivity index (χ1) is 9.88. The van der Waals surface area contributed by atoms with Crippen molar-refractivity contribution < 1.29 is 13.2 Å². The molecule has 0 aliphatic carbocycles. The topological polar surface area (TPSA) is 3.24 Å². The van der Waals surface area contributed by atoms with E-state index in [1.807, 2.05) is 49.2 Å². The average molecular weight is 293 g/mol. The van der Waals surface area contributed by atoms with Gasteiger partial charge in [0.15, 0.2) is 0 Å². The Morgan fingerprint density at radius 1 is 1.00 bits per heavy atom. The van der Waals surface area contributed by atoms with Crippen molar-refractivity contribution in [1.29, 1.82) is 0 Å². The minimum absolute atomic E-state index is 0.140. The highest BCUT2D eigenvalue weighted by Gasteiger charge is 2.30. The van der Waals surface area contributed by atoms with Crippen molar-refractivity contribution in [2.75, 3.05) is 7.05 Å². The van der Waals surface area contributed by atoms with Gasteiger partial charge in [-0.3, -0.25) is 4.90 Å². The van der Waals surface area contributed by atoms with E-state index in [1.54, 1.807) is 6.07 Å². The molecule has 0 saturated carbocycles. The fourth-order valence-electron chi connectivity index (χ4n) is 2.26. The lowest BCUT2D eigenvalue weighted by molar-refractivity contribution is -0.137. The normalized spacial score (nSPS) is 13.4. The summed E-state index contributed by atoms with van der Waals surface area (Å²) in [5, 5.41) is 0. The predicted molar refractivity (Wildman–Crippen MR) is 77.8 cm³/mol. The number of rotatable bonds is 4. The van der Waals surface area contributed by atoms with E-state index in [0.717, 1.165) is 11.6 Å². The lowest BCUT2D eigenvalue weighted by atomic mass is 10.1. The van der Waals surface area contributed by atoms with Crippen LogP contribution >= 0.6 is 0 Å². The van der Waals surface area contributed by atoms with Crippen molar-refractivity contribution in [1.82, 2.24) is 4.90 Å². The summed E-state index contributed by atoms with van der Waals surface area (Å²) in [5.74, 6) is 0. The molecule has 21 heavy (non-hydrogen) atoms. The van der Waals surface area contributed by atoms with Crippen LogP contribution in [0.25, 0.3) is 0 Å². The first-order valence-corrected chi connectivity index (χ1v) is 6.79. The van der Waals surface area contributed by atoms with Crippen LogP contribution in [0.2, 0.25) is 0 Å². The summed E-state index contributed by atoms with van der Waals surface area (Å²) in [4.78, 5) is 2.03. The molecule has 0 saturated heterocycles. The second-order valence-electron chi connectivity index (χ2n) is 5.20. The largest absolute Gasteiger partial charge is 0.416 e. The van der Waals surface area contributed by atoms with E-state index in [-0.39, 0.29) is 6.04 Å². The number of hydrogen-bond acceptors (Lipinski definition) is 1. The monoisotopic (exact) mass is 293 g/mol. The Kier molecular flexibility index (Phi) is 4.68. The minimum atomic E-state index is -4.29. The standard InChI is InChI=1S/C17H18F3N/c1-13(15-8-4-3-5-9-15)21(2)12-14-7-6-10-16(11-14)17(18,19)20/h3-11,13H,12H2,1-2H3. The quantitative estimate of drug-likeness (QED) is 0.775. The number of benzene rings is 2. The molecule has 2 aromatic carbocycles. The smallest absolute Gasteiger partial charge is 0.295 e. The van der Waals surface area contributed by atoms with E-state index in [4.69, 9.17) is 0 Å². The highest BCUT2D eigenvalue weighted by atomic mass is 19.4. The van der Waals surface area contributed by atoms with E-state index in [2.05, 4.69) is 0 Å². The van der Waals surface area contributed by atoms with Crippen molar-refractivity contribution in [3.8, 4) is 0 Å². The highest BCUT2D eigenvalue weighted by molar-refractivity contribution is 5.26. The third-order valence-corrected chi connectivity index (χ3v) is 3.63. The maximum atomic E-state index is 12.7. The Morgan fingerprint density at radius 3 is 2.29 bits per heavy atom. The molecule has 0 bridgehead atoms. The molecule has 1 atom stereocenters. The zero-order valence-corrected chi connectivity index (χ0v) is 12.1. The van der Waals surface area contributed by atoms with Gasteiger partial charge in [0.2, 0.25) is 0 Å². The van der Waals surface area contributed by atoms with Crippen LogP contribution < -0.4 is 0 Å². The van der Waals surface area contributed by atoms with Gasteiger partial charge in [0.05, 0.1) is 5.56 Å². The van der Waals surface area contributed by atoms with Crippen LogP contribution in [0.4, 0.5) is 13.2 Å². The van der Waals surface area contributed by atoms with Crippen molar-refractivity contribution in [2.45, 2.75) is 25.7 Å². The van der Waals surface area contributed by atoms with Gasteiger partial charge in [-0.25, -0.2) is 0 Å². The molecular weight excluding hydrogens is 275 g/mol. The van der Waals surface area contributed by atoms with Crippen molar-refractivity contribution in [3.63, 3.8) is 0 Å². The molecule has 1 unspecified atom stereocenters. The third-order valence-electron chi connectivity index (χ3n) is 3.63. The summed E-state index contributed by atoms with van der Waals surface area (Å²) < 4.78 is 38.1. The van der Waals surface area contributed by atoms with Gasteiger partial charge in [-0.15, -0.1) is 0 Å². The van der Waals surface area contributed by atoms with Gasteiger partial charge in [-0.05, 0) is 31.2 Å². The molecule has 2 aromatic rings. The van der Waals surface area contributed by atoms with Crippen LogP contribution in [-0.2, 0) is 12.7 Å². The Labute approximate surface area is 123 Å². The van der Waals surface area contributed by atoms with Crippen LogP contribution in [0.15, 0.2) is 54.6 Å². The summed E-state index contributed by atoms with van der Waals surface area (Å²) in [6.07, 6.45) is -4.29. The first-order valence-electron chi connectivity index (χ1n) is 6.79. The van der Waals surface area contributed by atoms with Crippen molar-refractivity contribution in [2.24, 2.45) is 0 Å². The van der Waals surface area contributed by atoms with Crippen LogP contribution in [0.5, 0.6) is 0 Å². The fraction of sp³-hybridized carbons (Fsp3) is 0.294. The Hall–Kier alpha value is -1.81. The van der Waals surface area contributed by atoms with Crippen LogP contribution in [-0.4, -0.2) is 11.9 Å². The maximum Gasteiger partial charge on any atom is 0.416 e. The molecule has 0 spiro atoms. The Bertz CT molecular complexity index is 578. The fourth-order valence-corrected chi connectivity index (χ4v) is 2.26. The molecule has 0 N–H and O–H groups in total. The van der Waals surface area contributed by atoms with Gasteiger partial charge < -0.3 is 0 Å². The van der Waals surface area contributed by atoms with Crippen molar-refractivity contribution >= 4 is 0 Å². The van der Waals surface area contributed by atoms with E-state index in [9.17, 15) is 13.2 Å².